The molecule has 1 fully saturated rings. The molecule has 1 aromatic rings. The number of nitrogens with one attached hydrogen (secondary N) is 1. The average molecular weight is 402 g/mol. The molecule has 6 heteroatoms. The number of hydrogen-bond acceptors (Lipinski definition) is 4. The SMILES string of the molecule is C=C/C(=C\C=NC)C1=CC2CN(C(=O)/C=C/c3cnc4c(c3)CCC(=O)N4)C[C@H]2C1. The highest BCUT2D eigenvalue weighted by molar-refractivity contribution is 5.94. The largest absolute Gasteiger partial charge is 0.338 e. The van der Waals surface area contributed by atoms with E-state index in [0.717, 1.165) is 36.2 Å². The molecule has 154 valence electrons. The van der Waals surface area contributed by atoms with E-state index in [1.54, 1.807) is 25.5 Å². The van der Waals surface area contributed by atoms with Crippen molar-refractivity contribution < 1.29 is 9.59 Å². The first-order valence-electron chi connectivity index (χ1n) is 10.3. The van der Waals surface area contributed by atoms with Gasteiger partial charge in [-0.25, -0.2) is 4.98 Å². The topological polar surface area (TPSA) is 74.7 Å². The van der Waals surface area contributed by atoms with Crippen molar-refractivity contribution in [2.75, 3.05) is 25.5 Å². The summed E-state index contributed by atoms with van der Waals surface area (Å²) in [5.74, 6) is 1.52. The van der Waals surface area contributed by atoms with E-state index >= 15 is 0 Å². The summed E-state index contributed by atoms with van der Waals surface area (Å²) in [5.41, 5.74) is 4.30. The Bertz CT molecular complexity index is 1000. The van der Waals surface area contributed by atoms with Crippen molar-refractivity contribution in [1.29, 1.82) is 0 Å². The quantitative estimate of drug-likeness (QED) is 0.467. The van der Waals surface area contributed by atoms with E-state index < -0.39 is 0 Å². The second-order valence-corrected chi connectivity index (χ2v) is 7.95. The van der Waals surface area contributed by atoms with Crippen LogP contribution in [0, 0.1) is 11.8 Å². The van der Waals surface area contributed by atoms with E-state index in [9.17, 15) is 9.59 Å². The Morgan fingerprint density at radius 1 is 1.37 bits per heavy atom. The van der Waals surface area contributed by atoms with Crippen LogP contribution in [-0.4, -0.2) is 48.1 Å². The molecule has 2 amide bonds. The van der Waals surface area contributed by atoms with Gasteiger partial charge in [0.1, 0.15) is 5.82 Å². The monoisotopic (exact) mass is 402 g/mol. The van der Waals surface area contributed by atoms with Gasteiger partial charge in [-0.3, -0.25) is 14.6 Å². The molecule has 0 aromatic carbocycles. The lowest BCUT2D eigenvalue weighted by molar-refractivity contribution is -0.125. The molecule has 2 aliphatic heterocycles. The van der Waals surface area contributed by atoms with E-state index in [1.165, 1.54) is 5.57 Å². The second-order valence-electron chi connectivity index (χ2n) is 7.95. The van der Waals surface area contributed by atoms with Gasteiger partial charge in [0, 0.05) is 45.0 Å². The average Bonchev–Trinajstić information content (AvgIpc) is 3.32. The van der Waals surface area contributed by atoms with Crippen LogP contribution in [0.15, 0.2) is 59.3 Å². The molecule has 3 heterocycles. The van der Waals surface area contributed by atoms with Crippen molar-refractivity contribution >= 4 is 29.9 Å². The van der Waals surface area contributed by atoms with Crippen LogP contribution in [0.1, 0.15) is 24.0 Å². The van der Waals surface area contributed by atoms with Crippen molar-refractivity contribution in [3.05, 3.63) is 65.4 Å². The van der Waals surface area contributed by atoms with E-state index in [0.29, 0.717) is 30.5 Å². The van der Waals surface area contributed by atoms with Crippen LogP contribution in [0.25, 0.3) is 6.08 Å². The molecule has 1 unspecified atom stereocenters. The van der Waals surface area contributed by atoms with E-state index in [4.69, 9.17) is 0 Å². The van der Waals surface area contributed by atoms with Gasteiger partial charge in [-0.1, -0.05) is 18.7 Å². The molecular formula is C24H26N4O2. The van der Waals surface area contributed by atoms with Crippen LogP contribution in [0.3, 0.4) is 0 Å². The van der Waals surface area contributed by atoms with Gasteiger partial charge in [0.2, 0.25) is 11.8 Å². The van der Waals surface area contributed by atoms with Gasteiger partial charge < -0.3 is 10.2 Å². The predicted molar refractivity (Wildman–Crippen MR) is 119 cm³/mol. The van der Waals surface area contributed by atoms with Gasteiger partial charge in [-0.05, 0) is 65.2 Å². The molecule has 3 aliphatic rings. The fraction of sp³-hybridized carbons (Fsp3) is 0.333. The second kappa shape index (κ2) is 8.61. The summed E-state index contributed by atoms with van der Waals surface area (Å²) >= 11 is 0. The maximum atomic E-state index is 12.7. The summed E-state index contributed by atoms with van der Waals surface area (Å²) < 4.78 is 0. The summed E-state index contributed by atoms with van der Waals surface area (Å²) in [6, 6.07) is 1.99. The van der Waals surface area contributed by atoms with Crippen molar-refractivity contribution in [2.24, 2.45) is 16.8 Å². The Labute approximate surface area is 176 Å². The minimum Gasteiger partial charge on any atom is -0.338 e. The molecule has 1 saturated heterocycles. The first-order valence-corrected chi connectivity index (χ1v) is 10.3. The summed E-state index contributed by atoms with van der Waals surface area (Å²) in [5, 5.41) is 2.77. The summed E-state index contributed by atoms with van der Waals surface area (Å²) in [6.45, 7) is 5.43. The number of carbonyl (C=O) groups is 2. The third kappa shape index (κ3) is 4.17. The molecule has 0 bridgehead atoms. The molecule has 1 N–H and O–H groups in total. The molecule has 6 nitrogen and oxygen atoms in total. The number of carbonyl (C=O) groups excluding carboxylic acids is 2. The number of hydrogen-bond donors (Lipinski definition) is 1. The van der Waals surface area contributed by atoms with E-state index in [2.05, 4.69) is 27.9 Å². The fourth-order valence-corrected chi connectivity index (χ4v) is 4.40. The summed E-state index contributed by atoms with van der Waals surface area (Å²) in [6.07, 6.45) is 15.2. The van der Waals surface area contributed by atoms with Crippen LogP contribution < -0.4 is 5.32 Å². The number of fused-ring (bicyclic) bond motifs is 2. The number of aryl methyl sites for hydroxylation is 1. The molecule has 2 atom stereocenters. The lowest BCUT2D eigenvalue weighted by atomic mass is 9.98. The van der Waals surface area contributed by atoms with Gasteiger partial charge in [0.05, 0.1) is 0 Å². The number of pyridine rings is 1. The molecular weight excluding hydrogens is 376 g/mol. The van der Waals surface area contributed by atoms with Crippen LogP contribution >= 0.6 is 0 Å². The summed E-state index contributed by atoms with van der Waals surface area (Å²) in [4.78, 5) is 34.4. The van der Waals surface area contributed by atoms with Crippen LogP contribution in [0.2, 0.25) is 0 Å². The smallest absolute Gasteiger partial charge is 0.246 e. The number of aromatic nitrogens is 1. The molecule has 0 radical (unpaired) electrons. The number of nitrogens with zero attached hydrogens (tertiary/aromatic N) is 3. The fourth-order valence-electron chi connectivity index (χ4n) is 4.40. The lowest BCUT2D eigenvalue weighted by Crippen LogP contribution is -2.27. The zero-order valence-corrected chi connectivity index (χ0v) is 17.2. The van der Waals surface area contributed by atoms with Crippen LogP contribution in [-0.2, 0) is 16.0 Å². The number of likely N-dealkylation sites (tertiary alicyclic amines) is 1. The van der Waals surface area contributed by atoms with E-state index in [-0.39, 0.29) is 11.8 Å². The third-order valence-electron chi connectivity index (χ3n) is 5.98. The standard InChI is InChI=1S/C24H26N4O2/c1-3-17(8-9-25-2)19-11-20-14-28(15-21(20)12-19)23(30)7-4-16-10-18-5-6-22(29)27-24(18)26-13-16/h3-4,7-11,13,20-21H,1,5-6,12,14-15H2,2H3,(H,26,27,29)/b7-4+,17-8+,25-9?/t20?,21-/m1/s1. The van der Waals surface area contributed by atoms with Gasteiger partial charge in [-0.15, -0.1) is 0 Å². The first-order chi connectivity index (χ1) is 14.6. The highest BCUT2D eigenvalue weighted by atomic mass is 16.2. The Balaban J connectivity index is 1.38. The number of anilines is 1. The maximum Gasteiger partial charge on any atom is 0.246 e. The predicted octanol–water partition coefficient (Wildman–Crippen LogP) is 3.20. The summed E-state index contributed by atoms with van der Waals surface area (Å²) in [7, 11) is 1.75. The number of rotatable bonds is 5. The van der Waals surface area contributed by atoms with Gasteiger partial charge in [-0.2, -0.15) is 0 Å². The number of allylic oxidation sites excluding steroid dienone is 4. The zero-order chi connectivity index (χ0) is 21.1. The Hall–Kier alpha value is -3.28. The molecule has 0 saturated carbocycles. The lowest BCUT2D eigenvalue weighted by Gasteiger charge is -2.16. The Morgan fingerprint density at radius 3 is 3.00 bits per heavy atom. The molecule has 1 aliphatic carbocycles. The molecule has 1 aromatic heterocycles. The molecule has 0 spiro atoms. The third-order valence-corrected chi connectivity index (χ3v) is 5.98. The highest BCUT2D eigenvalue weighted by Crippen LogP contribution is 2.39. The normalized spacial score (nSPS) is 23.5. The van der Waals surface area contributed by atoms with Gasteiger partial charge in [0.15, 0.2) is 0 Å². The Kier molecular flexibility index (Phi) is 5.74. The van der Waals surface area contributed by atoms with Gasteiger partial charge >= 0.3 is 0 Å². The minimum absolute atomic E-state index is 0.000504. The van der Waals surface area contributed by atoms with Gasteiger partial charge in [0.25, 0.3) is 0 Å². The highest BCUT2D eigenvalue weighted by Gasteiger charge is 2.37. The minimum atomic E-state index is -0.000504. The Morgan fingerprint density at radius 2 is 2.23 bits per heavy atom. The van der Waals surface area contributed by atoms with E-state index in [1.807, 2.05) is 29.2 Å². The molecule has 4 rings (SSSR count). The van der Waals surface area contributed by atoms with Crippen molar-refractivity contribution in [3.8, 4) is 0 Å². The maximum absolute atomic E-state index is 12.7. The van der Waals surface area contributed by atoms with Crippen molar-refractivity contribution in [1.82, 2.24) is 9.88 Å². The van der Waals surface area contributed by atoms with Crippen molar-refractivity contribution in [2.45, 2.75) is 19.3 Å². The number of amides is 2. The first kappa shape index (κ1) is 20.0. The van der Waals surface area contributed by atoms with Crippen LogP contribution in [0.4, 0.5) is 5.82 Å². The van der Waals surface area contributed by atoms with Crippen molar-refractivity contribution in [3.63, 3.8) is 0 Å². The van der Waals surface area contributed by atoms with Crippen LogP contribution in [0.5, 0.6) is 0 Å². The number of aliphatic imine (C=N–C) groups is 1. The zero-order valence-electron chi connectivity index (χ0n) is 17.2. The molecule has 30 heavy (non-hydrogen) atoms.